The number of rotatable bonds is 1. The second kappa shape index (κ2) is 3.18. The molecule has 0 aliphatic heterocycles. The minimum absolute atomic E-state index is 0.518. The average molecular weight is 195 g/mol. The Labute approximate surface area is 78.3 Å². The fraction of sp³-hybridized carbons (Fsp3) is 0.125. The van der Waals surface area contributed by atoms with E-state index >= 15 is 0 Å². The first-order valence-corrected chi connectivity index (χ1v) is 4.49. The second-order valence-corrected chi connectivity index (χ2v) is 3.48. The first-order chi connectivity index (χ1) is 6.25. The van der Waals surface area contributed by atoms with Crippen LogP contribution in [0.15, 0.2) is 18.3 Å². The molecule has 3 nitrogen and oxygen atoms in total. The minimum Gasteiger partial charge on any atom is -0.261 e. The summed E-state index contributed by atoms with van der Waals surface area (Å²) in [5, 5.41) is 7.00. The first-order valence-electron chi connectivity index (χ1n) is 3.68. The van der Waals surface area contributed by atoms with Gasteiger partial charge in [-0.15, -0.1) is 10.2 Å². The summed E-state index contributed by atoms with van der Waals surface area (Å²) in [6.07, 6.45) is 1.66. The highest BCUT2D eigenvalue weighted by molar-refractivity contribution is 7.13. The van der Waals surface area contributed by atoms with Crippen molar-refractivity contribution < 1.29 is 4.39 Å². The predicted octanol–water partition coefficient (Wildman–Crippen LogP) is 2.05. The molecule has 0 radical (unpaired) electrons. The van der Waals surface area contributed by atoms with E-state index in [9.17, 15) is 4.39 Å². The molecule has 0 aliphatic rings. The lowest BCUT2D eigenvalue weighted by Crippen LogP contribution is -1.81. The van der Waals surface area contributed by atoms with Crippen molar-refractivity contribution in [2.75, 3.05) is 0 Å². The van der Waals surface area contributed by atoms with Crippen molar-refractivity contribution in [2.45, 2.75) is 6.92 Å². The molecule has 0 fully saturated rings. The van der Waals surface area contributed by atoms with Gasteiger partial charge in [-0.25, -0.2) is 0 Å². The van der Waals surface area contributed by atoms with Gasteiger partial charge in [-0.05, 0) is 19.1 Å². The lowest BCUT2D eigenvalue weighted by atomic mass is 10.3. The zero-order valence-corrected chi connectivity index (χ0v) is 7.68. The van der Waals surface area contributed by atoms with E-state index < -0.39 is 5.26 Å². The normalized spacial score (nSPS) is 10.3. The third-order valence-corrected chi connectivity index (χ3v) is 2.32. The minimum atomic E-state index is -0.518. The van der Waals surface area contributed by atoms with Gasteiger partial charge in [-0.2, -0.15) is 4.39 Å². The van der Waals surface area contributed by atoms with Gasteiger partial charge in [0.2, 0.25) is 0 Å². The monoisotopic (exact) mass is 195 g/mol. The van der Waals surface area contributed by atoms with E-state index in [0.29, 0.717) is 5.01 Å². The van der Waals surface area contributed by atoms with Gasteiger partial charge in [-0.3, -0.25) is 4.98 Å². The maximum atomic E-state index is 12.5. The fourth-order valence-electron chi connectivity index (χ4n) is 0.916. The molecule has 2 aromatic heterocycles. The molecule has 0 atom stereocenters. The average Bonchev–Trinajstić information content (AvgIpc) is 2.53. The zero-order valence-electron chi connectivity index (χ0n) is 6.86. The topological polar surface area (TPSA) is 38.7 Å². The molecule has 0 unspecified atom stereocenters. The number of hydrogen-bond donors (Lipinski definition) is 0. The van der Waals surface area contributed by atoms with Gasteiger partial charge in [0.15, 0.2) is 5.01 Å². The van der Waals surface area contributed by atoms with E-state index in [1.54, 1.807) is 6.20 Å². The van der Waals surface area contributed by atoms with E-state index in [2.05, 4.69) is 15.2 Å². The Morgan fingerprint density at radius 1 is 1.31 bits per heavy atom. The van der Waals surface area contributed by atoms with Gasteiger partial charge in [-0.1, -0.05) is 11.3 Å². The molecule has 0 aromatic carbocycles. The maximum Gasteiger partial charge on any atom is 0.289 e. The Morgan fingerprint density at radius 2 is 2.15 bits per heavy atom. The molecule has 0 bridgehead atoms. The Morgan fingerprint density at radius 3 is 2.69 bits per heavy atom. The van der Waals surface area contributed by atoms with E-state index in [1.807, 2.05) is 19.1 Å². The van der Waals surface area contributed by atoms with Gasteiger partial charge in [0.25, 0.3) is 5.26 Å². The number of aryl methyl sites for hydroxylation is 1. The lowest BCUT2D eigenvalue weighted by molar-refractivity contribution is 0.601. The van der Waals surface area contributed by atoms with Gasteiger partial charge < -0.3 is 0 Å². The van der Waals surface area contributed by atoms with Crippen LogP contribution in [0.25, 0.3) is 10.6 Å². The number of hydrogen-bond acceptors (Lipinski definition) is 4. The molecule has 13 heavy (non-hydrogen) atoms. The van der Waals surface area contributed by atoms with Crippen molar-refractivity contribution in [3.63, 3.8) is 0 Å². The van der Waals surface area contributed by atoms with Gasteiger partial charge in [0, 0.05) is 17.5 Å². The molecular formula is C8H6FN3S. The SMILES string of the molecule is Cc1ccc(-c2nnc(F)s2)cn1. The molecule has 0 aliphatic carbocycles. The molecule has 0 N–H and O–H groups in total. The van der Waals surface area contributed by atoms with Crippen molar-refractivity contribution >= 4 is 11.3 Å². The molecule has 2 heterocycles. The Bertz CT molecular complexity index is 410. The van der Waals surface area contributed by atoms with Crippen LogP contribution in [0, 0.1) is 12.2 Å². The zero-order chi connectivity index (χ0) is 9.26. The van der Waals surface area contributed by atoms with Gasteiger partial charge in [0.05, 0.1) is 0 Å². The van der Waals surface area contributed by atoms with Crippen LogP contribution >= 0.6 is 11.3 Å². The summed E-state index contributed by atoms with van der Waals surface area (Å²) in [5.74, 6) is 0. The predicted molar refractivity (Wildman–Crippen MR) is 47.8 cm³/mol. The molecule has 66 valence electrons. The van der Waals surface area contributed by atoms with Crippen molar-refractivity contribution in [1.82, 2.24) is 15.2 Å². The van der Waals surface area contributed by atoms with Crippen LogP contribution in [0.2, 0.25) is 0 Å². The summed E-state index contributed by atoms with van der Waals surface area (Å²) >= 11 is 0.918. The Balaban J connectivity index is 2.41. The number of aromatic nitrogens is 3. The summed E-state index contributed by atoms with van der Waals surface area (Å²) in [4.78, 5) is 4.08. The van der Waals surface area contributed by atoms with E-state index in [1.165, 1.54) is 0 Å². The molecule has 0 spiro atoms. The van der Waals surface area contributed by atoms with E-state index in [4.69, 9.17) is 0 Å². The third-order valence-electron chi connectivity index (χ3n) is 1.56. The van der Waals surface area contributed by atoms with Crippen LogP contribution in [-0.4, -0.2) is 15.2 Å². The molecule has 5 heteroatoms. The third kappa shape index (κ3) is 1.70. The molecule has 0 saturated carbocycles. The lowest BCUT2D eigenvalue weighted by Gasteiger charge is -1.93. The first kappa shape index (κ1) is 8.25. The van der Waals surface area contributed by atoms with E-state index in [-0.39, 0.29) is 0 Å². The highest BCUT2D eigenvalue weighted by atomic mass is 32.1. The van der Waals surface area contributed by atoms with Crippen LogP contribution in [0.3, 0.4) is 0 Å². The summed E-state index contributed by atoms with van der Waals surface area (Å²) < 4.78 is 12.5. The number of halogens is 1. The Hall–Kier alpha value is -1.36. The van der Waals surface area contributed by atoms with Gasteiger partial charge in [0.1, 0.15) is 0 Å². The molecule has 0 amide bonds. The van der Waals surface area contributed by atoms with Crippen LogP contribution < -0.4 is 0 Å². The van der Waals surface area contributed by atoms with Crippen molar-refractivity contribution in [2.24, 2.45) is 0 Å². The second-order valence-electron chi connectivity index (χ2n) is 2.55. The largest absolute Gasteiger partial charge is 0.289 e. The van der Waals surface area contributed by atoms with Crippen molar-refractivity contribution in [1.29, 1.82) is 0 Å². The highest BCUT2D eigenvalue weighted by Crippen LogP contribution is 2.21. The number of pyridine rings is 1. The van der Waals surface area contributed by atoms with E-state index in [0.717, 1.165) is 22.6 Å². The summed E-state index contributed by atoms with van der Waals surface area (Å²) in [6.45, 7) is 1.89. The summed E-state index contributed by atoms with van der Waals surface area (Å²) in [5.41, 5.74) is 1.72. The molecule has 2 aromatic rings. The van der Waals surface area contributed by atoms with Crippen LogP contribution in [0.1, 0.15) is 5.69 Å². The van der Waals surface area contributed by atoms with Crippen molar-refractivity contribution in [3.05, 3.63) is 29.3 Å². The molecule has 0 saturated heterocycles. The maximum absolute atomic E-state index is 12.5. The van der Waals surface area contributed by atoms with Crippen LogP contribution in [0.5, 0.6) is 0 Å². The molecule has 2 rings (SSSR count). The van der Waals surface area contributed by atoms with Crippen LogP contribution in [0.4, 0.5) is 4.39 Å². The summed E-state index contributed by atoms with van der Waals surface area (Å²) in [6, 6.07) is 3.71. The highest BCUT2D eigenvalue weighted by Gasteiger charge is 2.05. The quantitative estimate of drug-likeness (QED) is 0.699. The summed E-state index contributed by atoms with van der Waals surface area (Å²) in [7, 11) is 0. The standard InChI is InChI=1S/C8H6FN3S/c1-5-2-3-6(4-10-5)7-11-12-8(9)13-7/h2-4H,1H3. The Kier molecular flexibility index (Phi) is 2.02. The van der Waals surface area contributed by atoms with Crippen LogP contribution in [-0.2, 0) is 0 Å². The molecular weight excluding hydrogens is 189 g/mol. The fourth-order valence-corrected chi connectivity index (χ4v) is 1.48. The number of nitrogens with zero attached hydrogens (tertiary/aromatic N) is 3. The smallest absolute Gasteiger partial charge is 0.261 e. The van der Waals surface area contributed by atoms with Crippen molar-refractivity contribution in [3.8, 4) is 10.6 Å². The van der Waals surface area contributed by atoms with Gasteiger partial charge >= 0.3 is 0 Å².